The van der Waals surface area contributed by atoms with Gasteiger partial charge in [0.25, 0.3) is 0 Å². The van der Waals surface area contributed by atoms with Crippen LogP contribution in [0.25, 0.3) is 0 Å². The third-order valence-corrected chi connectivity index (χ3v) is 2.40. The Labute approximate surface area is 107 Å². The Bertz CT molecular complexity index is 377. The van der Waals surface area contributed by atoms with Crippen molar-refractivity contribution in [3.63, 3.8) is 0 Å². The Morgan fingerprint density at radius 3 is 2.78 bits per heavy atom. The molecular formula is C11H21N5O2. The molecule has 1 heterocycles. The predicted octanol–water partition coefficient (Wildman–Crippen LogP) is 0.140. The van der Waals surface area contributed by atoms with E-state index in [1.807, 2.05) is 20.9 Å². The van der Waals surface area contributed by atoms with Crippen LogP contribution in [0, 0.1) is 0 Å². The van der Waals surface area contributed by atoms with Gasteiger partial charge in [0.2, 0.25) is 11.8 Å². The number of hydrogen-bond acceptors (Lipinski definition) is 6. The first-order chi connectivity index (χ1) is 8.52. The van der Waals surface area contributed by atoms with Crippen LogP contribution in [0.2, 0.25) is 0 Å². The molecule has 0 aromatic carbocycles. The number of nitrogens with one attached hydrogen (secondary N) is 2. The van der Waals surface area contributed by atoms with Crippen molar-refractivity contribution < 1.29 is 9.21 Å². The molecule has 0 aliphatic rings. The van der Waals surface area contributed by atoms with E-state index in [9.17, 15) is 4.79 Å². The molecule has 0 spiro atoms. The van der Waals surface area contributed by atoms with Crippen molar-refractivity contribution in [2.24, 2.45) is 0 Å². The summed E-state index contributed by atoms with van der Waals surface area (Å²) in [4.78, 5) is 12.9. The SMILES string of the molecule is CNC(=O)CCN(C)c1nnc(CNC(C)C)o1. The fourth-order valence-electron chi connectivity index (χ4n) is 1.25. The summed E-state index contributed by atoms with van der Waals surface area (Å²) < 4.78 is 5.47. The van der Waals surface area contributed by atoms with Gasteiger partial charge in [0.1, 0.15) is 0 Å². The van der Waals surface area contributed by atoms with Gasteiger partial charge in [0.15, 0.2) is 0 Å². The van der Waals surface area contributed by atoms with Gasteiger partial charge in [-0.25, -0.2) is 0 Å². The van der Waals surface area contributed by atoms with Crippen LogP contribution >= 0.6 is 0 Å². The lowest BCUT2D eigenvalue weighted by atomic mass is 10.4. The molecule has 0 fully saturated rings. The van der Waals surface area contributed by atoms with E-state index in [1.54, 1.807) is 11.9 Å². The summed E-state index contributed by atoms with van der Waals surface area (Å²) >= 11 is 0. The second-order valence-electron chi connectivity index (χ2n) is 4.36. The van der Waals surface area contributed by atoms with E-state index in [1.165, 1.54) is 0 Å². The lowest BCUT2D eigenvalue weighted by Crippen LogP contribution is -2.26. The highest BCUT2D eigenvalue weighted by Crippen LogP contribution is 2.10. The van der Waals surface area contributed by atoms with Crippen molar-refractivity contribution >= 4 is 11.9 Å². The lowest BCUT2D eigenvalue weighted by Gasteiger charge is -2.12. The minimum Gasteiger partial charge on any atom is -0.407 e. The second kappa shape index (κ2) is 6.95. The molecule has 1 aromatic rings. The van der Waals surface area contributed by atoms with Gasteiger partial charge in [-0.05, 0) is 0 Å². The summed E-state index contributed by atoms with van der Waals surface area (Å²) in [5, 5.41) is 13.6. The minimum atomic E-state index is -0.0111. The van der Waals surface area contributed by atoms with Crippen molar-refractivity contribution in [1.82, 2.24) is 20.8 Å². The lowest BCUT2D eigenvalue weighted by molar-refractivity contribution is -0.120. The monoisotopic (exact) mass is 255 g/mol. The van der Waals surface area contributed by atoms with E-state index < -0.39 is 0 Å². The summed E-state index contributed by atoms with van der Waals surface area (Å²) in [5.41, 5.74) is 0. The van der Waals surface area contributed by atoms with E-state index in [2.05, 4.69) is 20.8 Å². The summed E-state index contributed by atoms with van der Waals surface area (Å²) in [6, 6.07) is 0.797. The van der Waals surface area contributed by atoms with Crippen LogP contribution in [0.3, 0.4) is 0 Å². The van der Waals surface area contributed by atoms with Crippen LogP contribution in [-0.4, -0.2) is 42.8 Å². The summed E-state index contributed by atoms with van der Waals surface area (Å²) in [6.45, 7) is 5.19. The topological polar surface area (TPSA) is 83.3 Å². The van der Waals surface area contributed by atoms with E-state index in [0.29, 0.717) is 37.5 Å². The molecule has 0 aliphatic carbocycles. The normalized spacial score (nSPS) is 10.7. The highest BCUT2D eigenvalue weighted by atomic mass is 16.4. The molecule has 0 atom stereocenters. The maximum absolute atomic E-state index is 11.1. The van der Waals surface area contributed by atoms with Crippen molar-refractivity contribution in [3.8, 4) is 0 Å². The Hall–Kier alpha value is -1.63. The Morgan fingerprint density at radius 2 is 2.17 bits per heavy atom. The molecule has 1 amide bonds. The maximum atomic E-state index is 11.1. The number of hydrogen-bond donors (Lipinski definition) is 2. The first-order valence-electron chi connectivity index (χ1n) is 6.00. The zero-order valence-electron chi connectivity index (χ0n) is 11.4. The molecule has 0 radical (unpaired) electrons. The molecular weight excluding hydrogens is 234 g/mol. The number of carbonyl (C=O) groups excluding carboxylic acids is 1. The Kier molecular flexibility index (Phi) is 5.57. The number of nitrogens with zero attached hydrogens (tertiary/aromatic N) is 3. The van der Waals surface area contributed by atoms with E-state index in [0.717, 1.165) is 0 Å². The first-order valence-corrected chi connectivity index (χ1v) is 6.00. The second-order valence-corrected chi connectivity index (χ2v) is 4.36. The number of carbonyl (C=O) groups is 1. The molecule has 102 valence electrons. The molecule has 1 rings (SSSR count). The molecule has 0 unspecified atom stereocenters. The van der Waals surface area contributed by atoms with Gasteiger partial charge < -0.3 is 20.0 Å². The van der Waals surface area contributed by atoms with Gasteiger partial charge in [-0.2, -0.15) is 0 Å². The largest absolute Gasteiger partial charge is 0.407 e. The van der Waals surface area contributed by atoms with Crippen molar-refractivity contribution in [1.29, 1.82) is 0 Å². The van der Waals surface area contributed by atoms with Crippen LogP contribution < -0.4 is 15.5 Å². The highest BCUT2D eigenvalue weighted by Gasteiger charge is 2.11. The first kappa shape index (κ1) is 14.4. The Morgan fingerprint density at radius 1 is 1.44 bits per heavy atom. The zero-order chi connectivity index (χ0) is 13.5. The van der Waals surface area contributed by atoms with Gasteiger partial charge in [-0.3, -0.25) is 4.79 Å². The van der Waals surface area contributed by atoms with Crippen molar-refractivity contribution in [2.75, 3.05) is 25.5 Å². The molecule has 18 heavy (non-hydrogen) atoms. The average Bonchev–Trinajstić information content (AvgIpc) is 2.81. The van der Waals surface area contributed by atoms with Gasteiger partial charge >= 0.3 is 6.01 Å². The van der Waals surface area contributed by atoms with Gasteiger partial charge in [0, 0.05) is 33.1 Å². The van der Waals surface area contributed by atoms with E-state index >= 15 is 0 Å². The molecule has 0 aliphatic heterocycles. The fraction of sp³-hybridized carbons (Fsp3) is 0.727. The van der Waals surface area contributed by atoms with Gasteiger partial charge in [-0.1, -0.05) is 18.9 Å². The summed E-state index contributed by atoms with van der Waals surface area (Å²) in [7, 11) is 3.43. The average molecular weight is 255 g/mol. The van der Waals surface area contributed by atoms with E-state index in [4.69, 9.17) is 4.42 Å². The fourth-order valence-corrected chi connectivity index (χ4v) is 1.25. The zero-order valence-corrected chi connectivity index (χ0v) is 11.4. The number of anilines is 1. The predicted molar refractivity (Wildman–Crippen MR) is 68.2 cm³/mol. The smallest absolute Gasteiger partial charge is 0.317 e. The van der Waals surface area contributed by atoms with Crippen molar-refractivity contribution in [3.05, 3.63) is 5.89 Å². The molecule has 1 aromatic heterocycles. The minimum absolute atomic E-state index is 0.0111. The third-order valence-electron chi connectivity index (χ3n) is 2.40. The molecule has 7 nitrogen and oxygen atoms in total. The van der Waals surface area contributed by atoms with E-state index in [-0.39, 0.29) is 5.91 Å². The molecule has 0 bridgehead atoms. The summed E-state index contributed by atoms with van der Waals surface area (Å²) in [5.74, 6) is 0.536. The van der Waals surface area contributed by atoms with Crippen LogP contribution in [0.5, 0.6) is 0 Å². The highest BCUT2D eigenvalue weighted by molar-refractivity contribution is 5.76. The Balaban J connectivity index is 2.43. The van der Waals surface area contributed by atoms with Gasteiger partial charge in [-0.15, -0.1) is 5.10 Å². The number of aromatic nitrogens is 2. The third kappa shape index (κ3) is 4.70. The van der Waals surface area contributed by atoms with Crippen LogP contribution in [-0.2, 0) is 11.3 Å². The van der Waals surface area contributed by atoms with Gasteiger partial charge in [0.05, 0.1) is 6.54 Å². The molecule has 0 saturated carbocycles. The van der Waals surface area contributed by atoms with Crippen LogP contribution in [0.1, 0.15) is 26.2 Å². The van der Waals surface area contributed by atoms with Crippen LogP contribution in [0.15, 0.2) is 4.42 Å². The van der Waals surface area contributed by atoms with Crippen LogP contribution in [0.4, 0.5) is 6.01 Å². The quantitative estimate of drug-likeness (QED) is 0.721. The number of amides is 1. The maximum Gasteiger partial charge on any atom is 0.317 e. The molecule has 2 N–H and O–H groups in total. The molecule has 7 heteroatoms. The standard InChI is InChI=1S/C11H21N5O2/c1-8(2)13-7-10-14-15-11(18-10)16(4)6-5-9(17)12-3/h8,13H,5-7H2,1-4H3,(H,12,17). The summed E-state index contributed by atoms with van der Waals surface area (Å²) in [6.07, 6.45) is 0.398. The molecule has 0 saturated heterocycles. The number of rotatable bonds is 7. The van der Waals surface area contributed by atoms with Crippen molar-refractivity contribution in [2.45, 2.75) is 32.9 Å².